The van der Waals surface area contributed by atoms with Gasteiger partial charge in [-0.3, -0.25) is 19.0 Å². The number of carbonyl (C=O) groups is 3. The van der Waals surface area contributed by atoms with Crippen LogP contribution in [-0.2, 0) is 42.9 Å². The molecule has 2 aliphatic heterocycles. The molecule has 2 atom stereocenters. The lowest BCUT2D eigenvalue weighted by Gasteiger charge is -2.26. The highest BCUT2D eigenvalue weighted by molar-refractivity contribution is 5.95. The number of ether oxygens (including phenoxy) is 1. The minimum atomic E-state index is -2.40. The van der Waals surface area contributed by atoms with Gasteiger partial charge >= 0.3 is 6.09 Å². The molecule has 0 saturated carbocycles. The number of hydrogen-bond acceptors (Lipinski definition) is 17. The molecule has 22 heteroatoms. The number of ketones is 2. The van der Waals surface area contributed by atoms with Gasteiger partial charge in [0, 0.05) is 90.6 Å². The first-order valence-electron chi connectivity index (χ1n) is 29.1. The fourth-order valence-electron chi connectivity index (χ4n) is 9.22. The summed E-state index contributed by atoms with van der Waals surface area (Å²) < 4.78 is 55.9. The maximum absolute atomic E-state index is 13.4. The van der Waals surface area contributed by atoms with Crippen molar-refractivity contribution in [1.82, 2.24) is 79.7 Å². The molecule has 0 radical (unpaired) electrons. The molecular formula is C57H70N18O4. The van der Waals surface area contributed by atoms with Crippen LogP contribution >= 0.6 is 0 Å². The topological polar surface area (TPSA) is 248 Å². The van der Waals surface area contributed by atoms with E-state index >= 15 is 0 Å². The fourth-order valence-corrected chi connectivity index (χ4v) is 9.22. The van der Waals surface area contributed by atoms with Crippen molar-refractivity contribution in [2.45, 2.75) is 130 Å². The summed E-state index contributed by atoms with van der Waals surface area (Å²) in [6.07, 6.45) is 13.8. The fraction of sp³-hybridized carbons (Fsp3) is 0.421. The average Bonchev–Trinajstić information content (AvgIpc) is 4.14. The number of amides is 1. The van der Waals surface area contributed by atoms with Crippen molar-refractivity contribution in [2.75, 3.05) is 23.7 Å². The van der Waals surface area contributed by atoms with Gasteiger partial charge < -0.3 is 25.6 Å². The molecule has 8 aromatic rings. The zero-order chi connectivity index (χ0) is 61.2. The Morgan fingerprint density at radius 2 is 1.18 bits per heavy atom. The third kappa shape index (κ3) is 14.0. The molecule has 22 nitrogen and oxygen atoms in total. The molecule has 10 rings (SSSR count). The number of benzene rings is 2. The van der Waals surface area contributed by atoms with Crippen LogP contribution in [0.1, 0.15) is 151 Å². The highest BCUT2D eigenvalue weighted by atomic mass is 16.6. The largest absolute Gasteiger partial charge is 0.444 e. The SMILES string of the molecule is [2H]C([2H])([2H])n1cc(Nc2nccc(-c3ccc4c(c3)CN(C(=O)OC(C)(C)C)CC[C@H]4CC(=O)c3cn(C(C)(C)C)nn3)n2)cn1.[2H]C([2H])([2H])n1cc(Nc2nccc(-c3ccc4c(c3)CNCC[C@H]4CC(=O)c3cn(C(C)(C)C)nn3)n2)cn1. The molecule has 0 bridgehead atoms. The molecule has 2 aliphatic rings. The van der Waals surface area contributed by atoms with Crippen molar-refractivity contribution in [1.29, 1.82) is 0 Å². The second-order valence-electron chi connectivity index (χ2n) is 22.7. The average molecular weight is 1080 g/mol. The molecule has 0 aliphatic carbocycles. The summed E-state index contributed by atoms with van der Waals surface area (Å²) in [7, 11) is 0. The molecule has 0 spiro atoms. The highest BCUT2D eigenvalue weighted by Crippen LogP contribution is 2.36. The Labute approximate surface area is 468 Å². The number of fused-ring (bicyclic) bond motifs is 2. The molecule has 6 aromatic heterocycles. The van der Waals surface area contributed by atoms with Crippen molar-refractivity contribution < 1.29 is 27.3 Å². The predicted molar refractivity (Wildman–Crippen MR) is 299 cm³/mol. The lowest BCUT2D eigenvalue weighted by molar-refractivity contribution is 0.0234. The monoisotopic (exact) mass is 1080 g/mol. The minimum Gasteiger partial charge on any atom is -0.444 e. The van der Waals surface area contributed by atoms with Gasteiger partial charge in [0.25, 0.3) is 0 Å². The van der Waals surface area contributed by atoms with Crippen LogP contribution in [-0.4, -0.2) is 111 Å². The summed E-state index contributed by atoms with van der Waals surface area (Å²) in [6.45, 7) is 15.0. The summed E-state index contributed by atoms with van der Waals surface area (Å²) in [5.41, 5.74) is 7.55. The standard InChI is InChI=1S/C31H39N9O3.C26H31N9O/c1-30(2,3)40-19-26(36-37-40)27(41)15-20-11-13-39(29(42)43-31(4,5)6)17-22-14-21(8-9-24(20)22)25-10-12-32-28(35-25)34-23-16-33-38(7)18-23;1-26(2,3)35-16-23(32-33-35)24(36)12-17-7-9-27-13-19-11-18(5-6-21(17)19)22-8-10-28-25(31-22)30-20-14-29-34(4)15-20/h8-10,12,14,16,18-20H,11,13,15,17H2,1-7H3,(H,32,34,35);5-6,8,10-11,14-17,27H,7,9,12-13H2,1-4H3,(H,28,30,31)/t20-;17-/m00/s1/i7D3;4D3. The zero-order valence-electron chi connectivity index (χ0n) is 51.9. The molecule has 412 valence electrons. The van der Waals surface area contributed by atoms with E-state index in [9.17, 15) is 14.4 Å². The number of rotatable bonds is 12. The second-order valence-corrected chi connectivity index (χ2v) is 22.7. The number of aromatic nitrogens is 14. The van der Waals surface area contributed by atoms with E-state index in [2.05, 4.69) is 78.8 Å². The molecule has 2 aromatic carbocycles. The Morgan fingerprint density at radius 3 is 1.66 bits per heavy atom. The maximum atomic E-state index is 13.4. The number of nitrogens with one attached hydrogen (secondary N) is 3. The summed E-state index contributed by atoms with van der Waals surface area (Å²) in [4.78, 5) is 59.2. The quantitative estimate of drug-likeness (QED) is 0.0964. The molecular weight excluding hydrogens is 1000 g/mol. The third-order valence-electron chi connectivity index (χ3n) is 13.3. The summed E-state index contributed by atoms with van der Waals surface area (Å²) in [5, 5.41) is 33.8. The number of Topliss-reactive ketones (excluding diaryl/α,β-unsaturated/α-hetero) is 2. The molecule has 3 N–H and O–H groups in total. The van der Waals surface area contributed by atoms with Crippen molar-refractivity contribution >= 4 is 40.9 Å². The molecule has 79 heavy (non-hydrogen) atoms. The summed E-state index contributed by atoms with van der Waals surface area (Å²) in [6, 6.07) is 15.7. The number of nitrogens with zero attached hydrogens (tertiary/aromatic N) is 15. The summed E-state index contributed by atoms with van der Waals surface area (Å²) >= 11 is 0. The van der Waals surface area contributed by atoms with Gasteiger partial charge in [0.1, 0.15) is 17.0 Å². The molecule has 0 unspecified atom stereocenters. The van der Waals surface area contributed by atoms with Gasteiger partial charge in [-0.15, -0.1) is 10.2 Å². The van der Waals surface area contributed by atoms with Gasteiger partial charge in [0.15, 0.2) is 11.6 Å². The third-order valence-corrected chi connectivity index (χ3v) is 13.3. The van der Waals surface area contributed by atoms with E-state index < -0.39 is 25.6 Å². The molecule has 8 heterocycles. The second kappa shape index (κ2) is 22.8. The van der Waals surface area contributed by atoms with Crippen molar-refractivity contribution in [2.24, 2.45) is 14.0 Å². The van der Waals surface area contributed by atoms with E-state index in [4.69, 9.17) is 13.0 Å². The number of anilines is 4. The van der Waals surface area contributed by atoms with Crippen molar-refractivity contribution in [3.63, 3.8) is 0 Å². The van der Waals surface area contributed by atoms with Crippen molar-refractivity contribution in [3.8, 4) is 22.5 Å². The van der Waals surface area contributed by atoms with Crippen LogP contribution in [0.5, 0.6) is 0 Å². The van der Waals surface area contributed by atoms with E-state index in [-0.39, 0.29) is 46.8 Å². The van der Waals surface area contributed by atoms with Gasteiger partial charge in [-0.25, -0.2) is 34.1 Å². The van der Waals surface area contributed by atoms with Crippen LogP contribution in [0.25, 0.3) is 22.5 Å². The van der Waals surface area contributed by atoms with Crippen LogP contribution < -0.4 is 16.0 Å². The smallest absolute Gasteiger partial charge is 0.410 e. The first-order chi connectivity index (χ1) is 39.9. The van der Waals surface area contributed by atoms with E-state index in [1.165, 1.54) is 24.8 Å². The number of hydrogen-bond donors (Lipinski definition) is 3. The lowest BCUT2D eigenvalue weighted by atomic mass is 9.87. The predicted octanol–water partition coefficient (Wildman–Crippen LogP) is 9.28. The number of carbonyl (C=O) groups excluding carboxylic acids is 3. The van der Waals surface area contributed by atoms with Gasteiger partial charge in [-0.2, -0.15) is 10.2 Å². The Morgan fingerprint density at radius 1 is 0.671 bits per heavy atom. The first kappa shape index (κ1) is 47.7. The molecule has 0 saturated heterocycles. The highest BCUT2D eigenvalue weighted by Gasteiger charge is 2.31. The Balaban J connectivity index is 0.000000206. The minimum absolute atomic E-state index is 0.0132. The van der Waals surface area contributed by atoms with E-state index in [1.54, 1.807) is 45.1 Å². The van der Waals surface area contributed by atoms with Crippen LogP contribution in [0.2, 0.25) is 0 Å². The molecule has 1 amide bonds. The van der Waals surface area contributed by atoms with E-state index in [0.29, 0.717) is 72.6 Å². The zero-order valence-corrected chi connectivity index (χ0v) is 45.9. The van der Waals surface area contributed by atoms with Gasteiger partial charge in [-0.1, -0.05) is 34.7 Å². The van der Waals surface area contributed by atoms with Crippen LogP contribution in [0.3, 0.4) is 0 Å². The van der Waals surface area contributed by atoms with E-state index in [1.807, 2.05) is 92.6 Å². The number of aryl methyl sites for hydroxylation is 2. The molecule has 0 fully saturated rings. The van der Waals surface area contributed by atoms with Crippen LogP contribution in [0.4, 0.5) is 28.1 Å². The Hall–Kier alpha value is -8.53. The Kier molecular flexibility index (Phi) is 13.8. The normalized spacial score (nSPS) is 17.1. The Bertz CT molecular complexity index is 3700. The summed E-state index contributed by atoms with van der Waals surface area (Å²) in [5.74, 6) is 0.363. The van der Waals surface area contributed by atoms with Crippen LogP contribution in [0, 0.1) is 0 Å². The van der Waals surface area contributed by atoms with Crippen LogP contribution in [0.15, 0.2) is 98.1 Å². The maximum Gasteiger partial charge on any atom is 0.410 e. The van der Waals surface area contributed by atoms with Gasteiger partial charge in [0.05, 0.1) is 58.6 Å². The van der Waals surface area contributed by atoms with E-state index in [0.717, 1.165) is 55.7 Å². The first-order valence-corrected chi connectivity index (χ1v) is 26.1. The van der Waals surface area contributed by atoms with Gasteiger partial charge in [-0.05, 0) is 140 Å². The van der Waals surface area contributed by atoms with Gasteiger partial charge in [0.2, 0.25) is 11.9 Å². The lowest BCUT2D eigenvalue weighted by Crippen LogP contribution is -2.36. The van der Waals surface area contributed by atoms with Crippen molar-refractivity contribution in [3.05, 3.63) is 132 Å².